The summed E-state index contributed by atoms with van der Waals surface area (Å²) < 4.78 is 0. The van der Waals surface area contributed by atoms with E-state index in [-0.39, 0.29) is 17.9 Å². The van der Waals surface area contributed by atoms with Crippen LogP contribution in [0.1, 0.15) is 49.0 Å². The third-order valence-corrected chi connectivity index (χ3v) is 7.74. The average molecular weight is 443 g/mol. The van der Waals surface area contributed by atoms with Gasteiger partial charge in [-0.15, -0.1) is 11.8 Å². The number of fused-ring (bicyclic) bond motifs is 1. The lowest BCUT2D eigenvalue weighted by Gasteiger charge is -2.34. The molecule has 1 saturated carbocycles. The van der Waals surface area contributed by atoms with E-state index in [0.29, 0.717) is 34.7 Å². The van der Waals surface area contributed by atoms with Crippen LogP contribution in [0.4, 0.5) is 5.69 Å². The molecular formula is C24H27ClN2O2S. The van der Waals surface area contributed by atoms with E-state index < -0.39 is 0 Å². The van der Waals surface area contributed by atoms with Crippen LogP contribution < -0.4 is 10.2 Å². The topological polar surface area (TPSA) is 49.4 Å². The summed E-state index contributed by atoms with van der Waals surface area (Å²) in [5, 5.41) is 3.91. The monoisotopic (exact) mass is 442 g/mol. The highest BCUT2D eigenvalue weighted by Crippen LogP contribution is 2.37. The molecule has 2 amide bonds. The van der Waals surface area contributed by atoms with Crippen LogP contribution in [0.25, 0.3) is 0 Å². The Kier molecular flexibility index (Phi) is 6.40. The van der Waals surface area contributed by atoms with Crippen LogP contribution in [0.5, 0.6) is 0 Å². The molecule has 0 unspecified atom stereocenters. The fraction of sp³-hybridized carbons (Fsp3) is 0.417. The summed E-state index contributed by atoms with van der Waals surface area (Å²) in [6.07, 6.45) is 3.41. The Bertz CT molecular complexity index is 947. The summed E-state index contributed by atoms with van der Waals surface area (Å²) >= 11 is 7.52. The molecule has 0 radical (unpaired) electrons. The third kappa shape index (κ3) is 4.52. The van der Waals surface area contributed by atoms with Crippen LogP contribution in [-0.4, -0.2) is 23.6 Å². The Hall–Kier alpha value is -1.98. The maximum Gasteiger partial charge on any atom is 0.251 e. The number of hydrogen-bond donors (Lipinski definition) is 1. The number of carbonyl (C=O) groups excluding carboxylic acids is 2. The molecule has 2 aliphatic rings. The van der Waals surface area contributed by atoms with E-state index in [1.165, 1.54) is 18.2 Å². The van der Waals surface area contributed by atoms with Gasteiger partial charge in [-0.3, -0.25) is 9.59 Å². The number of halogens is 1. The molecule has 30 heavy (non-hydrogen) atoms. The van der Waals surface area contributed by atoms with Gasteiger partial charge in [0.05, 0.1) is 18.0 Å². The van der Waals surface area contributed by atoms with Crippen molar-refractivity contribution in [2.75, 3.05) is 10.7 Å². The normalized spacial score (nSPS) is 23.8. The zero-order valence-electron chi connectivity index (χ0n) is 17.4. The molecule has 0 bridgehead atoms. The number of nitrogens with zero attached hydrogens (tertiary/aromatic N) is 1. The van der Waals surface area contributed by atoms with Crippen LogP contribution in [0.15, 0.2) is 47.4 Å². The fourth-order valence-corrected chi connectivity index (χ4v) is 5.37. The van der Waals surface area contributed by atoms with Gasteiger partial charge in [-0.05, 0) is 54.2 Å². The lowest BCUT2D eigenvalue weighted by Crippen LogP contribution is -2.43. The van der Waals surface area contributed by atoms with Gasteiger partial charge in [0.15, 0.2) is 0 Å². The minimum atomic E-state index is -0.0572. The van der Waals surface area contributed by atoms with Gasteiger partial charge in [0.25, 0.3) is 5.91 Å². The molecule has 0 spiro atoms. The van der Waals surface area contributed by atoms with Crippen molar-refractivity contribution in [3.05, 3.63) is 58.6 Å². The molecule has 1 aliphatic heterocycles. The highest BCUT2D eigenvalue weighted by molar-refractivity contribution is 8.00. The fourth-order valence-electron chi connectivity index (χ4n) is 4.33. The predicted octanol–water partition coefficient (Wildman–Crippen LogP) is 5.53. The minimum Gasteiger partial charge on any atom is -0.349 e. The number of benzene rings is 2. The summed E-state index contributed by atoms with van der Waals surface area (Å²) in [7, 11) is 0. The SMILES string of the molecule is C[C@H]1[C@H](C)CCC[C@H]1NC(=O)c1ccc2c(c1)N(Cc1ccc(Cl)cc1)C(=O)CS2. The molecule has 4 nitrogen and oxygen atoms in total. The first-order chi connectivity index (χ1) is 14.4. The van der Waals surface area contributed by atoms with Gasteiger partial charge in [-0.2, -0.15) is 0 Å². The summed E-state index contributed by atoms with van der Waals surface area (Å²) in [4.78, 5) is 28.5. The quantitative estimate of drug-likeness (QED) is 0.676. The smallest absolute Gasteiger partial charge is 0.251 e. The molecule has 1 N–H and O–H groups in total. The molecule has 2 aromatic carbocycles. The van der Waals surface area contributed by atoms with Gasteiger partial charge >= 0.3 is 0 Å². The van der Waals surface area contributed by atoms with Crippen LogP contribution in [0, 0.1) is 11.8 Å². The summed E-state index contributed by atoms with van der Waals surface area (Å²) in [5.41, 5.74) is 2.42. The van der Waals surface area contributed by atoms with Crippen molar-refractivity contribution in [2.24, 2.45) is 11.8 Å². The molecule has 1 aliphatic carbocycles. The van der Waals surface area contributed by atoms with E-state index in [0.717, 1.165) is 29.0 Å². The molecule has 1 fully saturated rings. The predicted molar refractivity (Wildman–Crippen MR) is 123 cm³/mol. The van der Waals surface area contributed by atoms with Crippen molar-refractivity contribution in [2.45, 2.75) is 50.6 Å². The standard InChI is InChI=1S/C24H27ClN2O2S/c1-15-4-3-5-20(16(15)2)26-24(29)18-8-11-22-21(12-18)27(23(28)14-30-22)13-17-6-9-19(25)10-7-17/h6-12,15-16,20H,3-5,13-14H2,1-2H3,(H,26,29)/t15-,16+,20-/m1/s1. The highest BCUT2D eigenvalue weighted by atomic mass is 35.5. The minimum absolute atomic E-state index is 0.0507. The summed E-state index contributed by atoms with van der Waals surface area (Å²) in [6.45, 7) is 4.95. The molecular weight excluding hydrogens is 416 g/mol. The third-order valence-electron chi connectivity index (χ3n) is 6.44. The van der Waals surface area contributed by atoms with E-state index in [1.807, 2.05) is 42.5 Å². The van der Waals surface area contributed by atoms with E-state index in [1.54, 1.807) is 4.90 Å². The number of hydrogen-bond acceptors (Lipinski definition) is 3. The van der Waals surface area contributed by atoms with Gasteiger partial charge in [0, 0.05) is 21.5 Å². The molecule has 3 atom stereocenters. The first-order valence-corrected chi connectivity index (χ1v) is 11.9. The maximum atomic E-state index is 13.0. The first-order valence-electron chi connectivity index (χ1n) is 10.5. The number of amides is 2. The number of rotatable bonds is 4. The largest absolute Gasteiger partial charge is 0.349 e. The highest BCUT2D eigenvalue weighted by Gasteiger charge is 2.30. The average Bonchev–Trinajstić information content (AvgIpc) is 2.74. The van der Waals surface area contributed by atoms with Crippen LogP contribution in [0.3, 0.4) is 0 Å². The Morgan fingerprint density at radius 2 is 1.93 bits per heavy atom. The van der Waals surface area contributed by atoms with Crippen LogP contribution in [-0.2, 0) is 11.3 Å². The number of carbonyl (C=O) groups is 2. The lowest BCUT2D eigenvalue weighted by atomic mass is 9.78. The molecule has 4 rings (SSSR count). The van der Waals surface area contributed by atoms with E-state index in [2.05, 4.69) is 19.2 Å². The Labute approximate surface area is 187 Å². The lowest BCUT2D eigenvalue weighted by molar-refractivity contribution is -0.116. The molecule has 0 aromatic heterocycles. The second-order valence-electron chi connectivity index (χ2n) is 8.42. The zero-order valence-corrected chi connectivity index (χ0v) is 18.9. The van der Waals surface area contributed by atoms with Gasteiger partial charge < -0.3 is 10.2 Å². The van der Waals surface area contributed by atoms with E-state index in [9.17, 15) is 9.59 Å². The molecule has 1 heterocycles. The molecule has 6 heteroatoms. The van der Waals surface area contributed by atoms with Crippen molar-refractivity contribution in [1.29, 1.82) is 0 Å². The van der Waals surface area contributed by atoms with Crippen molar-refractivity contribution >= 4 is 40.9 Å². The van der Waals surface area contributed by atoms with Crippen LogP contribution >= 0.6 is 23.4 Å². The number of anilines is 1. The van der Waals surface area contributed by atoms with Gasteiger partial charge in [0.1, 0.15) is 0 Å². The van der Waals surface area contributed by atoms with Crippen LogP contribution in [0.2, 0.25) is 5.02 Å². The van der Waals surface area contributed by atoms with Crippen molar-refractivity contribution in [3.63, 3.8) is 0 Å². The van der Waals surface area contributed by atoms with E-state index in [4.69, 9.17) is 11.6 Å². The molecule has 2 aromatic rings. The Balaban J connectivity index is 1.56. The summed E-state index contributed by atoms with van der Waals surface area (Å²) in [6, 6.07) is 13.4. The van der Waals surface area contributed by atoms with Gasteiger partial charge in [-0.25, -0.2) is 0 Å². The number of nitrogens with one attached hydrogen (secondary N) is 1. The Morgan fingerprint density at radius 1 is 1.17 bits per heavy atom. The van der Waals surface area contributed by atoms with Crippen molar-refractivity contribution in [3.8, 4) is 0 Å². The number of thioether (sulfide) groups is 1. The second kappa shape index (κ2) is 9.03. The van der Waals surface area contributed by atoms with Gasteiger partial charge in [-0.1, -0.05) is 50.4 Å². The van der Waals surface area contributed by atoms with Crippen molar-refractivity contribution < 1.29 is 9.59 Å². The molecule has 0 saturated heterocycles. The van der Waals surface area contributed by atoms with Crippen molar-refractivity contribution in [1.82, 2.24) is 5.32 Å². The first kappa shape index (κ1) is 21.3. The molecule has 158 valence electrons. The zero-order chi connectivity index (χ0) is 21.3. The van der Waals surface area contributed by atoms with E-state index >= 15 is 0 Å². The second-order valence-corrected chi connectivity index (χ2v) is 9.88. The Morgan fingerprint density at radius 3 is 2.70 bits per heavy atom. The maximum absolute atomic E-state index is 13.0. The summed E-state index contributed by atoms with van der Waals surface area (Å²) in [5.74, 6) is 1.49. The van der Waals surface area contributed by atoms with Gasteiger partial charge in [0.2, 0.25) is 5.91 Å².